The molecule has 11 rings (SSSR count). The maximum atomic E-state index is 6.94. The van der Waals surface area contributed by atoms with E-state index in [2.05, 4.69) is 168 Å². The van der Waals surface area contributed by atoms with Crippen LogP contribution in [0.25, 0.3) is 106 Å². The van der Waals surface area contributed by atoms with Crippen LogP contribution in [0.15, 0.2) is 205 Å². The molecule has 4 nitrogen and oxygen atoms in total. The van der Waals surface area contributed by atoms with Crippen LogP contribution in [0.2, 0.25) is 0 Å². The van der Waals surface area contributed by atoms with E-state index in [4.69, 9.17) is 14.4 Å². The maximum Gasteiger partial charge on any atom is 0.160 e. The quantitative estimate of drug-likeness (QED) is 0.172. The molecule has 0 bridgehead atoms. The van der Waals surface area contributed by atoms with Gasteiger partial charge in [-0.25, -0.2) is 9.97 Å². The molecule has 262 valence electrons. The number of hydrogen-bond donors (Lipinski definition) is 0. The first-order valence-corrected chi connectivity index (χ1v) is 18.9. The number of para-hydroxylation sites is 1. The second kappa shape index (κ2) is 13.1. The van der Waals surface area contributed by atoms with E-state index in [1.165, 1.54) is 33.0 Å². The topological polar surface area (TPSA) is 43.9 Å². The largest absolute Gasteiger partial charge is 0.454 e. The molecule has 0 aliphatic rings. The Hall–Kier alpha value is -7.56. The predicted octanol–water partition coefficient (Wildman–Crippen LogP) is 13.8. The van der Waals surface area contributed by atoms with Gasteiger partial charge in [0.1, 0.15) is 5.58 Å². The van der Waals surface area contributed by atoms with Crippen LogP contribution in [0.4, 0.5) is 0 Å². The lowest BCUT2D eigenvalue weighted by Gasteiger charge is -2.10. The second-order valence-corrected chi connectivity index (χ2v) is 14.2. The van der Waals surface area contributed by atoms with E-state index in [-0.39, 0.29) is 0 Å². The van der Waals surface area contributed by atoms with Crippen LogP contribution < -0.4 is 0 Å². The number of rotatable bonds is 6. The molecule has 11 aromatic rings. The first kappa shape index (κ1) is 31.9. The summed E-state index contributed by atoms with van der Waals surface area (Å²) in [5, 5.41) is 4.52. The summed E-state index contributed by atoms with van der Waals surface area (Å²) in [5.74, 6) is 0.686. The standard InChI is InChI=1S/C52H33N3O/c1-5-14-34(15-6-1)38-26-29-47-44(30-38)41-27-24-39(35-16-7-2-8-17-35)31-49(41)55(47)48-23-13-22-43-42-28-25-40(32-50(42)56-51(43)48)46-33-45(36-18-9-3-10-19-36)53-52(54-46)37-20-11-4-12-21-37/h1-33H. The van der Waals surface area contributed by atoms with Crippen molar-refractivity contribution in [3.63, 3.8) is 0 Å². The van der Waals surface area contributed by atoms with Crippen molar-refractivity contribution in [3.8, 4) is 61.8 Å². The van der Waals surface area contributed by atoms with Gasteiger partial charge < -0.3 is 8.98 Å². The van der Waals surface area contributed by atoms with E-state index in [1.807, 2.05) is 36.4 Å². The first-order chi connectivity index (χ1) is 27.7. The monoisotopic (exact) mass is 715 g/mol. The summed E-state index contributed by atoms with van der Waals surface area (Å²) in [4.78, 5) is 10.1. The third kappa shape index (κ3) is 5.39. The Morgan fingerprint density at radius 2 is 0.911 bits per heavy atom. The molecule has 56 heavy (non-hydrogen) atoms. The van der Waals surface area contributed by atoms with E-state index in [1.54, 1.807) is 0 Å². The van der Waals surface area contributed by atoms with Crippen LogP contribution in [-0.4, -0.2) is 14.5 Å². The zero-order valence-electron chi connectivity index (χ0n) is 30.3. The Bertz CT molecular complexity index is 3160. The molecule has 0 spiro atoms. The Kier molecular flexibility index (Phi) is 7.46. The summed E-state index contributed by atoms with van der Waals surface area (Å²) in [6, 6.07) is 70.2. The third-order valence-corrected chi connectivity index (χ3v) is 10.8. The van der Waals surface area contributed by atoms with Crippen molar-refractivity contribution in [3.05, 3.63) is 200 Å². The van der Waals surface area contributed by atoms with Gasteiger partial charge in [-0.1, -0.05) is 158 Å². The Balaban J connectivity index is 1.11. The van der Waals surface area contributed by atoms with Gasteiger partial charge in [0.2, 0.25) is 0 Å². The van der Waals surface area contributed by atoms with Gasteiger partial charge in [0, 0.05) is 38.2 Å². The van der Waals surface area contributed by atoms with Gasteiger partial charge in [0.05, 0.1) is 28.1 Å². The molecule has 0 radical (unpaired) electrons. The number of nitrogens with zero attached hydrogens (tertiary/aromatic N) is 3. The lowest BCUT2D eigenvalue weighted by atomic mass is 10.0. The van der Waals surface area contributed by atoms with Gasteiger partial charge in [0.25, 0.3) is 0 Å². The molecule has 0 fully saturated rings. The predicted molar refractivity (Wildman–Crippen MR) is 231 cm³/mol. The minimum absolute atomic E-state index is 0.686. The average molecular weight is 716 g/mol. The molecule has 0 saturated heterocycles. The second-order valence-electron chi connectivity index (χ2n) is 14.2. The van der Waals surface area contributed by atoms with Crippen LogP contribution in [0, 0.1) is 0 Å². The molecule has 0 unspecified atom stereocenters. The molecule has 0 saturated carbocycles. The molecule has 0 aliphatic heterocycles. The van der Waals surface area contributed by atoms with Gasteiger partial charge in [0.15, 0.2) is 11.4 Å². The molecular weight excluding hydrogens is 683 g/mol. The molecule has 3 heterocycles. The molecule has 8 aromatic carbocycles. The average Bonchev–Trinajstić information content (AvgIpc) is 3.82. The van der Waals surface area contributed by atoms with Crippen molar-refractivity contribution in [2.75, 3.05) is 0 Å². The normalized spacial score (nSPS) is 11.6. The summed E-state index contributed by atoms with van der Waals surface area (Å²) >= 11 is 0. The van der Waals surface area contributed by atoms with Crippen LogP contribution in [0.5, 0.6) is 0 Å². The number of furan rings is 1. The first-order valence-electron chi connectivity index (χ1n) is 18.9. The maximum absolute atomic E-state index is 6.94. The van der Waals surface area contributed by atoms with E-state index in [0.29, 0.717) is 5.82 Å². The summed E-state index contributed by atoms with van der Waals surface area (Å²) in [7, 11) is 0. The van der Waals surface area contributed by atoms with Gasteiger partial charge in [-0.3, -0.25) is 0 Å². The van der Waals surface area contributed by atoms with E-state index >= 15 is 0 Å². The highest BCUT2D eigenvalue weighted by atomic mass is 16.3. The number of hydrogen-bond acceptors (Lipinski definition) is 3. The Morgan fingerprint density at radius 3 is 1.61 bits per heavy atom. The molecule has 0 aliphatic carbocycles. The van der Waals surface area contributed by atoms with Crippen LogP contribution in [-0.2, 0) is 0 Å². The SMILES string of the molecule is c1ccc(-c2ccc3c(c2)c2ccc(-c4ccccc4)cc2n3-c2cccc3c2oc2cc(-c4cc(-c5ccccc5)nc(-c5ccccc5)n4)ccc23)cc1. The van der Waals surface area contributed by atoms with Gasteiger partial charge >= 0.3 is 0 Å². The molecule has 0 N–H and O–H groups in total. The van der Waals surface area contributed by atoms with Crippen LogP contribution >= 0.6 is 0 Å². The zero-order valence-corrected chi connectivity index (χ0v) is 30.3. The highest BCUT2D eigenvalue weighted by Crippen LogP contribution is 2.41. The molecule has 0 atom stereocenters. The van der Waals surface area contributed by atoms with Gasteiger partial charge in [-0.05, 0) is 64.7 Å². The van der Waals surface area contributed by atoms with Gasteiger partial charge in [-0.2, -0.15) is 0 Å². The Labute approximate surface area is 323 Å². The molecule has 3 aromatic heterocycles. The summed E-state index contributed by atoms with van der Waals surface area (Å²) in [5.41, 5.74) is 14.3. The molecular formula is C52H33N3O. The molecule has 0 amide bonds. The summed E-state index contributed by atoms with van der Waals surface area (Å²) in [6.07, 6.45) is 0. The highest BCUT2D eigenvalue weighted by Gasteiger charge is 2.20. The van der Waals surface area contributed by atoms with Crippen molar-refractivity contribution in [2.45, 2.75) is 0 Å². The van der Waals surface area contributed by atoms with Crippen molar-refractivity contribution in [1.82, 2.24) is 14.5 Å². The summed E-state index contributed by atoms with van der Waals surface area (Å²) < 4.78 is 9.32. The fourth-order valence-electron chi connectivity index (χ4n) is 8.09. The van der Waals surface area contributed by atoms with E-state index in [9.17, 15) is 0 Å². The van der Waals surface area contributed by atoms with Crippen LogP contribution in [0.3, 0.4) is 0 Å². The smallest absolute Gasteiger partial charge is 0.160 e. The van der Waals surface area contributed by atoms with Crippen molar-refractivity contribution < 1.29 is 4.42 Å². The van der Waals surface area contributed by atoms with Crippen LogP contribution in [0.1, 0.15) is 0 Å². The number of aromatic nitrogens is 3. The highest BCUT2D eigenvalue weighted by molar-refractivity contribution is 6.14. The fourth-order valence-corrected chi connectivity index (χ4v) is 8.09. The Morgan fingerprint density at radius 1 is 0.339 bits per heavy atom. The third-order valence-electron chi connectivity index (χ3n) is 10.8. The molecule has 4 heteroatoms. The zero-order chi connectivity index (χ0) is 37.0. The van der Waals surface area contributed by atoms with Crippen molar-refractivity contribution >= 4 is 43.7 Å². The summed E-state index contributed by atoms with van der Waals surface area (Å²) in [6.45, 7) is 0. The minimum Gasteiger partial charge on any atom is -0.454 e. The minimum atomic E-state index is 0.686. The number of benzene rings is 8. The lowest BCUT2D eigenvalue weighted by molar-refractivity contribution is 0.666. The lowest BCUT2D eigenvalue weighted by Crippen LogP contribution is -1.95. The van der Waals surface area contributed by atoms with Gasteiger partial charge in [-0.15, -0.1) is 0 Å². The van der Waals surface area contributed by atoms with Crippen molar-refractivity contribution in [2.24, 2.45) is 0 Å². The fraction of sp³-hybridized carbons (Fsp3) is 0. The number of fused-ring (bicyclic) bond motifs is 6. The van der Waals surface area contributed by atoms with E-state index < -0.39 is 0 Å². The van der Waals surface area contributed by atoms with E-state index in [0.717, 1.165) is 66.7 Å². The van der Waals surface area contributed by atoms with Crippen molar-refractivity contribution in [1.29, 1.82) is 0 Å².